The molecule has 30 heavy (non-hydrogen) atoms. The number of nitrogens with zero attached hydrogens (tertiary/aromatic N) is 2. The molecule has 0 spiro atoms. The van der Waals surface area contributed by atoms with Gasteiger partial charge in [0, 0.05) is 11.6 Å². The highest BCUT2D eigenvalue weighted by molar-refractivity contribution is 6.12. The quantitative estimate of drug-likeness (QED) is 0.251. The first kappa shape index (κ1) is 17.9. The second-order valence-corrected chi connectivity index (χ2v) is 10.6. The van der Waals surface area contributed by atoms with Gasteiger partial charge in [-0.3, -0.25) is 4.40 Å². The van der Waals surface area contributed by atoms with Gasteiger partial charge >= 0.3 is 0 Å². The van der Waals surface area contributed by atoms with Crippen LogP contribution in [0.3, 0.4) is 0 Å². The van der Waals surface area contributed by atoms with E-state index in [0.29, 0.717) is 0 Å². The Labute approximate surface area is 177 Å². The van der Waals surface area contributed by atoms with E-state index in [1.165, 1.54) is 38.2 Å². The van der Waals surface area contributed by atoms with E-state index in [9.17, 15) is 0 Å². The summed E-state index contributed by atoms with van der Waals surface area (Å²) < 4.78 is 2.28. The third-order valence-electron chi connectivity index (χ3n) is 8.90. The number of benzene rings is 3. The van der Waals surface area contributed by atoms with Gasteiger partial charge in [-0.2, -0.15) is 0 Å². The molecule has 0 unspecified atom stereocenters. The minimum atomic E-state index is 0.0914. The second-order valence-electron chi connectivity index (χ2n) is 10.6. The molecule has 1 aliphatic carbocycles. The minimum Gasteiger partial charge on any atom is -0.299 e. The Morgan fingerprint density at radius 3 is 2.17 bits per heavy atom. The van der Waals surface area contributed by atoms with Crippen molar-refractivity contribution in [3.05, 3.63) is 71.9 Å². The number of aromatic nitrogens is 2. The van der Waals surface area contributed by atoms with Crippen molar-refractivity contribution in [3.63, 3.8) is 0 Å². The van der Waals surface area contributed by atoms with E-state index in [-0.39, 0.29) is 16.2 Å². The van der Waals surface area contributed by atoms with Crippen LogP contribution in [0.1, 0.15) is 52.7 Å². The zero-order valence-electron chi connectivity index (χ0n) is 18.7. The van der Waals surface area contributed by atoms with Gasteiger partial charge in [0.1, 0.15) is 5.65 Å². The van der Waals surface area contributed by atoms with Crippen LogP contribution in [0.5, 0.6) is 0 Å². The summed E-state index contributed by atoms with van der Waals surface area (Å²) in [4.78, 5) is 5.15. The van der Waals surface area contributed by atoms with Gasteiger partial charge in [-0.25, -0.2) is 4.98 Å². The summed E-state index contributed by atoms with van der Waals surface area (Å²) in [7, 11) is 0. The van der Waals surface area contributed by atoms with Crippen molar-refractivity contribution in [2.45, 2.75) is 52.4 Å². The summed E-state index contributed by atoms with van der Waals surface area (Å²) in [6.45, 7) is 14.4. The lowest BCUT2D eigenvalue weighted by molar-refractivity contribution is 0.125. The maximum atomic E-state index is 5.15. The van der Waals surface area contributed by atoms with Crippen LogP contribution in [0.15, 0.2) is 60.8 Å². The van der Waals surface area contributed by atoms with Gasteiger partial charge in [-0.05, 0) is 67.8 Å². The van der Waals surface area contributed by atoms with Crippen LogP contribution in [0.25, 0.3) is 38.2 Å². The van der Waals surface area contributed by atoms with Crippen LogP contribution in [0.4, 0.5) is 0 Å². The van der Waals surface area contributed by atoms with Crippen LogP contribution < -0.4 is 0 Å². The molecule has 5 aromatic rings. The Morgan fingerprint density at radius 1 is 0.700 bits per heavy atom. The van der Waals surface area contributed by atoms with E-state index >= 15 is 0 Å². The first-order chi connectivity index (χ1) is 14.1. The zero-order valence-corrected chi connectivity index (χ0v) is 18.7. The Kier molecular flexibility index (Phi) is 3.13. The number of fused-ring (bicyclic) bond motifs is 8. The molecule has 0 saturated carbocycles. The van der Waals surface area contributed by atoms with Crippen molar-refractivity contribution in [3.8, 4) is 0 Å². The van der Waals surface area contributed by atoms with Crippen LogP contribution in [-0.4, -0.2) is 9.38 Å². The van der Waals surface area contributed by atoms with Crippen molar-refractivity contribution in [2.24, 2.45) is 5.41 Å². The van der Waals surface area contributed by atoms with E-state index in [2.05, 4.69) is 107 Å². The van der Waals surface area contributed by atoms with Crippen molar-refractivity contribution < 1.29 is 0 Å². The third-order valence-corrected chi connectivity index (χ3v) is 8.90. The van der Waals surface area contributed by atoms with Crippen molar-refractivity contribution in [1.82, 2.24) is 9.38 Å². The fourth-order valence-corrected chi connectivity index (χ4v) is 5.79. The molecule has 0 atom stereocenters. The number of imidazole rings is 1. The largest absolute Gasteiger partial charge is 0.299 e. The molecule has 2 nitrogen and oxygen atoms in total. The van der Waals surface area contributed by atoms with Gasteiger partial charge in [0.15, 0.2) is 0 Å². The fraction of sp³-hybridized carbons (Fsp3) is 0.321. The van der Waals surface area contributed by atoms with Gasteiger partial charge in [-0.15, -0.1) is 0 Å². The van der Waals surface area contributed by atoms with Gasteiger partial charge in [-0.1, -0.05) is 71.9 Å². The molecule has 0 aliphatic heterocycles. The molecule has 0 amide bonds. The Balaban J connectivity index is 1.73. The Bertz CT molecular complexity index is 1510. The van der Waals surface area contributed by atoms with Crippen LogP contribution in [-0.2, 0) is 10.8 Å². The number of hydrogen-bond acceptors (Lipinski definition) is 1. The van der Waals surface area contributed by atoms with E-state index in [4.69, 9.17) is 4.98 Å². The van der Waals surface area contributed by atoms with Crippen molar-refractivity contribution in [1.29, 1.82) is 0 Å². The molecule has 0 radical (unpaired) electrons. The number of rotatable bonds is 0. The van der Waals surface area contributed by atoms with Crippen molar-refractivity contribution in [2.75, 3.05) is 0 Å². The summed E-state index contributed by atoms with van der Waals surface area (Å²) in [5.41, 5.74) is 6.61. The number of pyridine rings is 1. The predicted octanol–water partition coefficient (Wildman–Crippen LogP) is 7.39. The lowest BCUT2D eigenvalue weighted by Gasteiger charge is -2.44. The summed E-state index contributed by atoms with van der Waals surface area (Å²) >= 11 is 0. The predicted molar refractivity (Wildman–Crippen MR) is 128 cm³/mol. The summed E-state index contributed by atoms with van der Waals surface area (Å²) in [5, 5.41) is 5.04. The SMILES string of the molecule is CC1(C)c2cc3nc4c5ccc6ccccc6c5ccn4c3cc2C(C)(C)C1(C)C. The molecule has 3 aromatic carbocycles. The van der Waals surface area contributed by atoms with Gasteiger partial charge in [0.05, 0.1) is 11.0 Å². The van der Waals surface area contributed by atoms with Crippen LogP contribution in [0.2, 0.25) is 0 Å². The molecule has 0 fully saturated rings. The third kappa shape index (κ3) is 1.88. The summed E-state index contributed by atoms with van der Waals surface area (Å²) in [5.74, 6) is 0. The zero-order chi connectivity index (χ0) is 21.1. The van der Waals surface area contributed by atoms with Crippen LogP contribution in [0, 0.1) is 5.41 Å². The molecular formula is C28H28N2. The lowest BCUT2D eigenvalue weighted by atomic mass is 9.59. The molecule has 2 aromatic heterocycles. The normalized spacial score (nSPS) is 19.1. The molecule has 2 heterocycles. The first-order valence-electron chi connectivity index (χ1n) is 10.9. The van der Waals surface area contributed by atoms with Gasteiger partial charge in [0.2, 0.25) is 0 Å². The molecule has 2 heteroatoms. The van der Waals surface area contributed by atoms with Crippen LogP contribution >= 0.6 is 0 Å². The molecule has 0 N–H and O–H groups in total. The summed E-state index contributed by atoms with van der Waals surface area (Å²) in [6.07, 6.45) is 2.20. The fourth-order valence-electron chi connectivity index (χ4n) is 5.79. The maximum Gasteiger partial charge on any atom is 0.145 e. The van der Waals surface area contributed by atoms with E-state index < -0.39 is 0 Å². The monoisotopic (exact) mass is 392 g/mol. The Hall–Kier alpha value is -2.87. The topological polar surface area (TPSA) is 17.3 Å². The van der Waals surface area contributed by atoms with Crippen molar-refractivity contribution >= 4 is 38.2 Å². The molecule has 0 saturated heterocycles. The highest BCUT2D eigenvalue weighted by Gasteiger charge is 2.56. The molecular weight excluding hydrogens is 364 g/mol. The molecule has 150 valence electrons. The summed E-state index contributed by atoms with van der Waals surface area (Å²) in [6, 6.07) is 20.1. The standard InChI is InChI=1S/C28H28N2/c1-26(2)21-15-23-24(16-22(21)27(3,4)28(26,5)6)30-14-13-19-18-10-8-7-9-17(18)11-12-20(19)25(30)29-23/h7-16H,1-6H3. The smallest absolute Gasteiger partial charge is 0.145 e. The first-order valence-corrected chi connectivity index (χ1v) is 10.9. The van der Waals surface area contributed by atoms with E-state index in [1.54, 1.807) is 0 Å². The van der Waals surface area contributed by atoms with E-state index in [1.807, 2.05) is 0 Å². The van der Waals surface area contributed by atoms with Gasteiger partial charge in [0.25, 0.3) is 0 Å². The average Bonchev–Trinajstić information content (AvgIpc) is 3.14. The second kappa shape index (κ2) is 5.24. The Morgan fingerprint density at radius 2 is 1.40 bits per heavy atom. The number of hydrogen-bond donors (Lipinski definition) is 0. The lowest BCUT2D eigenvalue weighted by Crippen LogP contribution is -2.42. The highest BCUT2D eigenvalue weighted by Crippen LogP contribution is 2.61. The van der Waals surface area contributed by atoms with Gasteiger partial charge < -0.3 is 0 Å². The maximum absolute atomic E-state index is 5.15. The molecule has 1 aliphatic rings. The molecule has 6 rings (SSSR count). The highest BCUT2D eigenvalue weighted by atomic mass is 15.0. The average molecular weight is 393 g/mol. The minimum absolute atomic E-state index is 0.0914. The van der Waals surface area contributed by atoms with E-state index in [0.717, 1.165) is 11.2 Å². The molecule has 0 bridgehead atoms.